The molecule has 1 aliphatic heterocycles. The quantitative estimate of drug-likeness (QED) is 0.115. The van der Waals surface area contributed by atoms with E-state index in [-0.39, 0.29) is 12.2 Å². The number of hydrogen-bond donors (Lipinski definition) is 1. The van der Waals surface area contributed by atoms with E-state index < -0.39 is 17.8 Å². The number of amides is 4. The second-order valence-corrected chi connectivity index (χ2v) is 10.8. The number of carbonyl (C=O) groups is 3. The maximum Gasteiger partial charge on any atom is 0.335 e. The Balaban J connectivity index is 1.07. The Morgan fingerprint density at radius 2 is 1.17 bits per heavy atom. The van der Waals surface area contributed by atoms with Gasteiger partial charge in [0.05, 0.1) is 12.8 Å². The highest BCUT2D eigenvalue weighted by Gasteiger charge is 2.36. The Kier molecular flexibility index (Phi) is 9.77. The summed E-state index contributed by atoms with van der Waals surface area (Å²) < 4.78 is 23.2. The number of rotatable bonds is 12. The van der Waals surface area contributed by atoms with Gasteiger partial charge in [-0.05, 0) is 76.9 Å². The van der Waals surface area contributed by atoms with E-state index in [9.17, 15) is 14.4 Å². The van der Waals surface area contributed by atoms with E-state index in [0.29, 0.717) is 47.5 Å². The first-order valence-corrected chi connectivity index (χ1v) is 15.2. The monoisotopic (exact) mass is 640 g/mol. The van der Waals surface area contributed by atoms with Crippen LogP contribution in [0.25, 0.3) is 6.08 Å². The lowest BCUT2D eigenvalue weighted by Gasteiger charge is -2.26. The summed E-state index contributed by atoms with van der Waals surface area (Å²) in [6.45, 7) is 1.08. The lowest BCUT2D eigenvalue weighted by atomic mass is 10.1. The van der Waals surface area contributed by atoms with Crippen molar-refractivity contribution in [3.63, 3.8) is 0 Å². The summed E-state index contributed by atoms with van der Waals surface area (Å²) in [6, 6.07) is 37.9. The van der Waals surface area contributed by atoms with Crippen LogP contribution in [-0.4, -0.2) is 25.0 Å². The van der Waals surface area contributed by atoms with E-state index in [1.807, 2.05) is 78.9 Å². The number of ether oxygens (including phenoxy) is 4. The van der Waals surface area contributed by atoms with Gasteiger partial charge in [-0.3, -0.25) is 14.9 Å². The molecule has 0 spiro atoms. The first kappa shape index (κ1) is 31.6. The normalized spacial score (nSPS) is 13.6. The Hall–Kier alpha value is -6.35. The number of methoxy groups -OCH3 is 1. The molecule has 9 nitrogen and oxygen atoms in total. The highest BCUT2D eigenvalue weighted by Crippen LogP contribution is 2.30. The highest BCUT2D eigenvalue weighted by molar-refractivity contribution is 6.39. The second-order valence-electron chi connectivity index (χ2n) is 10.8. The molecule has 0 saturated carbocycles. The molecular weight excluding hydrogens is 608 g/mol. The lowest BCUT2D eigenvalue weighted by molar-refractivity contribution is -0.122. The third-order valence-corrected chi connectivity index (χ3v) is 7.51. The van der Waals surface area contributed by atoms with Gasteiger partial charge in [-0.15, -0.1) is 0 Å². The molecular formula is C39H32N2O7. The maximum atomic E-state index is 13.4. The number of urea groups is 1. The second kappa shape index (κ2) is 14.8. The summed E-state index contributed by atoms with van der Waals surface area (Å²) in [5.41, 5.74) is 3.67. The molecule has 1 fully saturated rings. The zero-order chi connectivity index (χ0) is 33.3. The molecule has 0 atom stereocenters. The van der Waals surface area contributed by atoms with Crippen LogP contribution in [0.4, 0.5) is 10.5 Å². The number of nitrogens with one attached hydrogen (secondary N) is 1. The molecule has 1 N–H and O–H groups in total. The van der Waals surface area contributed by atoms with Crippen molar-refractivity contribution >= 4 is 29.6 Å². The van der Waals surface area contributed by atoms with Crippen LogP contribution in [0.2, 0.25) is 0 Å². The Morgan fingerprint density at radius 3 is 1.77 bits per heavy atom. The highest BCUT2D eigenvalue weighted by atomic mass is 16.5. The molecule has 4 amide bonds. The van der Waals surface area contributed by atoms with Crippen molar-refractivity contribution in [3.8, 4) is 23.0 Å². The molecule has 0 radical (unpaired) electrons. The predicted molar refractivity (Wildman–Crippen MR) is 181 cm³/mol. The average molecular weight is 641 g/mol. The van der Waals surface area contributed by atoms with Crippen molar-refractivity contribution in [1.82, 2.24) is 5.32 Å². The van der Waals surface area contributed by atoms with Crippen LogP contribution in [0, 0.1) is 0 Å². The van der Waals surface area contributed by atoms with Crippen LogP contribution in [0.1, 0.15) is 22.3 Å². The van der Waals surface area contributed by atoms with Crippen molar-refractivity contribution in [2.24, 2.45) is 0 Å². The summed E-state index contributed by atoms with van der Waals surface area (Å²) in [5.74, 6) is 0.900. The molecule has 48 heavy (non-hydrogen) atoms. The van der Waals surface area contributed by atoms with Crippen molar-refractivity contribution in [1.29, 1.82) is 0 Å². The van der Waals surface area contributed by atoms with Gasteiger partial charge in [0, 0.05) is 0 Å². The van der Waals surface area contributed by atoms with Crippen molar-refractivity contribution in [2.75, 3.05) is 12.0 Å². The van der Waals surface area contributed by atoms with E-state index in [1.54, 1.807) is 55.6 Å². The van der Waals surface area contributed by atoms with Crippen LogP contribution in [-0.2, 0) is 29.4 Å². The Morgan fingerprint density at radius 1 is 0.604 bits per heavy atom. The van der Waals surface area contributed by atoms with Crippen molar-refractivity contribution < 1.29 is 33.3 Å². The smallest absolute Gasteiger partial charge is 0.335 e. The van der Waals surface area contributed by atoms with Crippen LogP contribution >= 0.6 is 0 Å². The molecule has 6 rings (SSSR count). The van der Waals surface area contributed by atoms with Crippen LogP contribution in [0.5, 0.6) is 23.0 Å². The summed E-state index contributed by atoms with van der Waals surface area (Å²) in [4.78, 5) is 39.6. The average Bonchev–Trinajstić information content (AvgIpc) is 3.12. The van der Waals surface area contributed by atoms with Gasteiger partial charge in [0.25, 0.3) is 11.8 Å². The molecule has 0 aliphatic carbocycles. The minimum Gasteiger partial charge on any atom is -0.493 e. The van der Waals surface area contributed by atoms with Gasteiger partial charge in [0.2, 0.25) is 0 Å². The number of benzene rings is 5. The molecule has 0 unspecified atom stereocenters. The number of anilines is 1. The fourth-order valence-corrected chi connectivity index (χ4v) is 4.97. The fraction of sp³-hybridized carbons (Fsp3) is 0.103. The molecule has 1 aliphatic rings. The molecule has 1 saturated heterocycles. The molecule has 0 bridgehead atoms. The van der Waals surface area contributed by atoms with Crippen LogP contribution < -0.4 is 29.2 Å². The minimum atomic E-state index is -0.823. The summed E-state index contributed by atoms with van der Waals surface area (Å²) in [7, 11) is 1.59. The molecule has 5 aromatic rings. The van der Waals surface area contributed by atoms with Gasteiger partial charge >= 0.3 is 6.03 Å². The van der Waals surface area contributed by atoms with E-state index >= 15 is 0 Å². The first-order valence-electron chi connectivity index (χ1n) is 15.2. The van der Waals surface area contributed by atoms with Gasteiger partial charge in [0.15, 0.2) is 11.5 Å². The SMILES string of the molecule is COc1cc(COc2ccc(/C=C3/C(=O)NC(=O)N(c4ccc(OCc5ccccc5)cc4)C3=O)cc2)ccc1OCc1ccccc1. The standard InChI is InChI=1S/C39H32N2O7/c1-45-36-23-30(14-21-35(36)48-25-29-10-6-3-7-11-29)26-47-32-17-12-27(13-18-32)22-34-37(42)40-39(44)41(38(34)43)31-15-19-33(20-16-31)46-24-28-8-4-2-5-9-28/h2-23H,24-26H2,1H3,(H,40,42,44)/b34-22-. The maximum absolute atomic E-state index is 13.4. The Labute approximate surface area is 277 Å². The fourth-order valence-electron chi connectivity index (χ4n) is 4.97. The first-order chi connectivity index (χ1) is 23.5. The van der Waals surface area contributed by atoms with Crippen LogP contribution in [0.15, 0.2) is 133 Å². The van der Waals surface area contributed by atoms with Crippen molar-refractivity contribution in [2.45, 2.75) is 19.8 Å². The van der Waals surface area contributed by atoms with Gasteiger partial charge in [0.1, 0.15) is 36.9 Å². The predicted octanol–water partition coefficient (Wildman–Crippen LogP) is 7.10. The minimum absolute atomic E-state index is 0.172. The third kappa shape index (κ3) is 7.71. The molecule has 1 heterocycles. The lowest BCUT2D eigenvalue weighted by Crippen LogP contribution is -2.54. The number of hydrogen-bond acceptors (Lipinski definition) is 7. The number of barbiturate groups is 1. The number of carbonyl (C=O) groups excluding carboxylic acids is 3. The largest absolute Gasteiger partial charge is 0.493 e. The van der Waals surface area contributed by atoms with E-state index in [1.165, 1.54) is 6.08 Å². The van der Waals surface area contributed by atoms with Crippen LogP contribution in [0.3, 0.4) is 0 Å². The third-order valence-electron chi connectivity index (χ3n) is 7.51. The van der Waals surface area contributed by atoms with Gasteiger partial charge in [-0.25, -0.2) is 9.69 Å². The zero-order valence-electron chi connectivity index (χ0n) is 26.1. The molecule has 240 valence electrons. The van der Waals surface area contributed by atoms with Gasteiger partial charge in [-0.1, -0.05) is 78.9 Å². The van der Waals surface area contributed by atoms with Crippen molar-refractivity contribution in [3.05, 3.63) is 155 Å². The molecule has 5 aromatic carbocycles. The van der Waals surface area contributed by atoms with Gasteiger partial charge in [-0.2, -0.15) is 0 Å². The molecule has 9 heteroatoms. The Bertz CT molecular complexity index is 1920. The number of nitrogens with zero attached hydrogens (tertiary/aromatic N) is 1. The number of imide groups is 2. The topological polar surface area (TPSA) is 103 Å². The zero-order valence-corrected chi connectivity index (χ0v) is 26.1. The summed E-state index contributed by atoms with van der Waals surface area (Å²) >= 11 is 0. The van der Waals surface area contributed by atoms with Gasteiger partial charge < -0.3 is 18.9 Å². The molecule has 0 aromatic heterocycles. The van der Waals surface area contributed by atoms with E-state index in [4.69, 9.17) is 18.9 Å². The van der Waals surface area contributed by atoms with E-state index in [0.717, 1.165) is 21.6 Å². The van der Waals surface area contributed by atoms with E-state index in [2.05, 4.69) is 5.32 Å². The summed E-state index contributed by atoms with van der Waals surface area (Å²) in [5, 5.41) is 2.25. The summed E-state index contributed by atoms with van der Waals surface area (Å²) in [6.07, 6.45) is 1.44.